The van der Waals surface area contributed by atoms with Gasteiger partial charge in [-0.15, -0.1) is 0 Å². The molecule has 0 spiro atoms. The average molecular weight is 387 g/mol. The molecule has 1 aromatic rings. The standard InChI is InChI=1S/C16H20BrFN2O3/c1-10-6-12(15(21)22)9-20(8-10)16(23)19-5-4-11-2-3-14(18)13(17)7-11/h2-3,7,10,12H,4-6,8-9H2,1H3,(H,19,23)(H,21,22). The van der Waals surface area contributed by atoms with Crippen molar-refractivity contribution in [3.63, 3.8) is 0 Å². The highest BCUT2D eigenvalue weighted by Crippen LogP contribution is 2.22. The molecule has 1 fully saturated rings. The van der Waals surface area contributed by atoms with Crippen molar-refractivity contribution in [2.75, 3.05) is 19.6 Å². The van der Waals surface area contributed by atoms with Crippen molar-refractivity contribution in [3.05, 3.63) is 34.1 Å². The maximum Gasteiger partial charge on any atom is 0.317 e. The maximum atomic E-state index is 13.2. The third-order valence-corrected chi connectivity index (χ3v) is 4.58. The summed E-state index contributed by atoms with van der Waals surface area (Å²) in [6, 6.07) is 4.50. The molecule has 2 rings (SSSR count). The normalized spacial score (nSPS) is 21.1. The average Bonchev–Trinajstić information content (AvgIpc) is 2.50. The van der Waals surface area contributed by atoms with Gasteiger partial charge in [-0.1, -0.05) is 13.0 Å². The minimum atomic E-state index is -0.856. The van der Waals surface area contributed by atoms with Gasteiger partial charge in [-0.05, 0) is 52.4 Å². The minimum absolute atomic E-state index is 0.170. The summed E-state index contributed by atoms with van der Waals surface area (Å²) in [7, 11) is 0. The number of carboxylic acid groups (broad SMARTS) is 1. The van der Waals surface area contributed by atoms with E-state index in [2.05, 4.69) is 21.2 Å². The molecular weight excluding hydrogens is 367 g/mol. The molecule has 7 heteroatoms. The minimum Gasteiger partial charge on any atom is -0.481 e. The smallest absolute Gasteiger partial charge is 0.317 e. The van der Waals surface area contributed by atoms with Gasteiger partial charge in [-0.3, -0.25) is 4.79 Å². The summed E-state index contributed by atoms with van der Waals surface area (Å²) in [6.45, 7) is 3.18. The van der Waals surface area contributed by atoms with Gasteiger partial charge in [0, 0.05) is 19.6 Å². The largest absolute Gasteiger partial charge is 0.481 e. The number of aliphatic carboxylic acids is 1. The van der Waals surface area contributed by atoms with Crippen LogP contribution < -0.4 is 5.32 Å². The Labute approximate surface area is 143 Å². The summed E-state index contributed by atoms with van der Waals surface area (Å²) < 4.78 is 13.6. The summed E-state index contributed by atoms with van der Waals surface area (Å²) >= 11 is 3.13. The SMILES string of the molecule is CC1CC(C(=O)O)CN(C(=O)NCCc2ccc(F)c(Br)c2)C1. The van der Waals surface area contributed by atoms with Crippen molar-refractivity contribution >= 4 is 27.9 Å². The molecular formula is C16H20BrFN2O3. The predicted octanol–water partition coefficient (Wildman–Crippen LogP) is 2.88. The first-order valence-electron chi connectivity index (χ1n) is 7.56. The molecule has 5 nitrogen and oxygen atoms in total. The molecule has 1 aliphatic heterocycles. The number of halogens is 2. The van der Waals surface area contributed by atoms with Gasteiger partial charge >= 0.3 is 12.0 Å². The number of carboxylic acids is 1. The fourth-order valence-corrected chi connectivity index (χ4v) is 3.24. The molecule has 0 saturated carbocycles. The lowest BCUT2D eigenvalue weighted by atomic mass is 9.91. The summed E-state index contributed by atoms with van der Waals surface area (Å²) in [6.07, 6.45) is 1.18. The van der Waals surface area contributed by atoms with Gasteiger partial charge in [0.2, 0.25) is 0 Å². The highest BCUT2D eigenvalue weighted by atomic mass is 79.9. The number of likely N-dealkylation sites (tertiary alicyclic amines) is 1. The van der Waals surface area contributed by atoms with Crippen molar-refractivity contribution in [3.8, 4) is 0 Å². The number of nitrogens with zero attached hydrogens (tertiary/aromatic N) is 1. The Morgan fingerprint density at radius 2 is 2.17 bits per heavy atom. The number of carbonyl (C=O) groups excluding carboxylic acids is 1. The van der Waals surface area contributed by atoms with E-state index in [1.807, 2.05) is 6.92 Å². The van der Waals surface area contributed by atoms with E-state index in [0.717, 1.165) is 5.56 Å². The topological polar surface area (TPSA) is 69.6 Å². The predicted molar refractivity (Wildman–Crippen MR) is 87.7 cm³/mol. The second-order valence-corrected chi connectivity index (χ2v) is 6.87. The van der Waals surface area contributed by atoms with Crippen molar-refractivity contribution in [1.82, 2.24) is 10.2 Å². The van der Waals surface area contributed by atoms with Crippen LogP contribution in [0.3, 0.4) is 0 Å². The molecule has 1 saturated heterocycles. The zero-order valence-corrected chi connectivity index (χ0v) is 14.5. The Bertz CT molecular complexity index is 597. The highest BCUT2D eigenvalue weighted by molar-refractivity contribution is 9.10. The Morgan fingerprint density at radius 1 is 1.43 bits per heavy atom. The summed E-state index contributed by atoms with van der Waals surface area (Å²) in [4.78, 5) is 24.9. The fraction of sp³-hybridized carbons (Fsp3) is 0.500. The number of piperidine rings is 1. The number of hydrogen-bond donors (Lipinski definition) is 2. The van der Waals surface area contributed by atoms with E-state index in [-0.39, 0.29) is 24.3 Å². The van der Waals surface area contributed by atoms with E-state index < -0.39 is 11.9 Å². The number of hydrogen-bond acceptors (Lipinski definition) is 2. The van der Waals surface area contributed by atoms with E-state index in [0.29, 0.717) is 30.4 Å². The summed E-state index contributed by atoms with van der Waals surface area (Å²) in [5.74, 6) is -1.51. The van der Waals surface area contributed by atoms with Crippen LogP contribution in [0.2, 0.25) is 0 Å². The van der Waals surface area contributed by atoms with Crippen LogP contribution in [0.4, 0.5) is 9.18 Å². The maximum absolute atomic E-state index is 13.2. The third-order valence-electron chi connectivity index (χ3n) is 3.97. The molecule has 126 valence electrons. The number of urea groups is 1. The Hall–Kier alpha value is -1.63. The van der Waals surface area contributed by atoms with Crippen LogP contribution in [-0.2, 0) is 11.2 Å². The van der Waals surface area contributed by atoms with Crippen LogP contribution in [-0.4, -0.2) is 41.6 Å². The van der Waals surface area contributed by atoms with E-state index in [1.165, 1.54) is 6.07 Å². The van der Waals surface area contributed by atoms with Gasteiger partial charge in [0.05, 0.1) is 10.4 Å². The zero-order valence-electron chi connectivity index (χ0n) is 12.9. The van der Waals surface area contributed by atoms with E-state index in [4.69, 9.17) is 5.11 Å². The number of benzene rings is 1. The molecule has 1 aromatic carbocycles. The molecule has 2 unspecified atom stereocenters. The number of rotatable bonds is 4. The number of nitrogens with one attached hydrogen (secondary N) is 1. The van der Waals surface area contributed by atoms with E-state index >= 15 is 0 Å². The lowest BCUT2D eigenvalue weighted by molar-refractivity contribution is -0.143. The van der Waals surface area contributed by atoms with E-state index in [9.17, 15) is 14.0 Å². The second-order valence-electron chi connectivity index (χ2n) is 6.01. The lowest BCUT2D eigenvalue weighted by Gasteiger charge is -2.34. The van der Waals surface area contributed by atoms with Crippen molar-refractivity contribution in [2.45, 2.75) is 19.8 Å². The molecule has 2 amide bonds. The fourth-order valence-electron chi connectivity index (χ4n) is 2.82. The van der Waals surface area contributed by atoms with Crippen molar-refractivity contribution in [2.24, 2.45) is 11.8 Å². The molecule has 2 N–H and O–H groups in total. The Balaban J connectivity index is 1.84. The third kappa shape index (κ3) is 4.92. The first-order valence-corrected chi connectivity index (χ1v) is 8.35. The van der Waals surface area contributed by atoms with E-state index in [1.54, 1.807) is 17.0 Å². The van der Waals surface area contributed by atoms with Crippen molar-refractivity contribution in [1.29, 1.82) is 0 Å². The molecule has 2 atom stereocenters. The molecule has 0 radical (unpaired) electrons. The van der Waals surface area contributed by atoms with Crippen LogP contribution in [0.1, 0.15) is 18.9 Å². The quantitative estimate of drug-likeness (QED) is 0.835. The van der Waals surface area contributed by atoms with Gasteiger partial charge in [0.1, 0.15) is 5.82 Å². The van der Waals surface area contributed by atoms with Crippen molar-refractivity contribution < 1.29 is 19.1 Å². The van der Waals surface area contributed by atoms with Crippen LogP contribution in [0.5, 0.6) is 0 Å². The van der Waals surface area contributed by atoms with Gasteiger partial charge in [-0.25, -0.2) is 9.18 Å². The molecule has 1 heterocycles. The number of amides is 2. The highest BCUT2D eigenvalue weighted by Gasteiger charge is 2.31. The van der Waals surface area contributed by atoms with Gasteiger partial charge in [-0.2, -0.15) is 0 Å². The summed E-state index contributed by atoms with van der Waals surface area (Å²) in [5, 5.41) is 11.9. The zero-order chi connectivity index (χ0) is 17.0. The molecule has 1 aliphatic rings. The molecule has 23 heavy (non-hydrogen) atoms. The van der Waals surface area contributed by atoms with Crippen LogP contribution >= 0.6 is 15.9 Å². The molecule has 0 aliphatic carbocycles. The van der Waals surface area contributed by atoms with Gasteiger partial charge in [0.15, 0.2) is 0 Å². The molecule has 0 bridgehead atoms. The summed E-state index contributed by atoms with van der Waals surface area (Å²) in [5.41, 5.74) is 0.911. The Morgan fingerprint density at radius 3 is 2.83 bits per heavy atom. The second kappa shape index (κ2) is 7.77. The first kappa shape index (κ1) is 17.7. The monoisotopic (exact) mass is 386 g/mol. The number of carbonyl (C=O) groups is 2. The van der Waals surface area contributed by atoms with Crippen LogP contribution in [0.25, 0.3) is 0 Å². The first-order chi connectivity index (χ1) is 10.9. The molecule has 0 aromatic heterocycles. The van der Waals surface area contributed by atoms with Gasteiger partial charge in [0.25, 0.3) is 0 Å². The Kier molecular flexibility index (Phi) is 5.98. The van der Waals surface area contributed by atoms with Crippen LogP contribution in [0.15, 0.2) is 22.7 Å². The lowest BCUT2D eigenvalue weighted by Crippen LogP contribution is -2.49. The van der Waals surface area contributed by atoms with Crippen LogP contribution in [0, 0.1) is 17.7 Å². The van der Waals surface area contributed by atoms with Gasteiger partial charge < -0.3 is 15.3 Å².